The first kappa shape index (κ1) is 31.1. The Morgan fingerprint density at radius 1 is 0.851 bits per heavy atom. The summed E-state index contributed by atoms with van der Waals surface area (Å²) in [5, 5.41) is 6.18. The average molecular weight is 630 g/mol. The Balaban J connectivity index is 1.33. The van der Waals surface area contributed by atoms with Gasteiger partial charge in [-0.05, 0) is 74.3 Å². The van der Waals surface area contributed by atoms with E-state index in [-0.39, 0.29) is 12.5 Å². The highest BCUT2D eigenvalue weighted by molar-refractivity contribution is 5.93. The lowest BCUT2D eigenvalue weighted by molar-refractivity contribution is -0.116. The zero-order valence-electron chi connectivity index (χ0n) is 26.6. The molecular weight excluding hydrogens is 594 g/mol. The van der Waals surface area contributed by atoms with E-state index in [1.165, 1.54) is 0 Å². The first-order chi connectivity index (χ1) is 22.9. The average Bonchev–Trinajstić information content (AvgIpc) is 3.47. The topological polar surface area (TPSA) is 115 Å². The molecule has 1 amide bonds. The van der Waals surface area contributed by atoms with Gasteiger partial charge in [0, 0.05) is 23.6 Å². The second-order valence-electron chi connectivity index (χ2n) is 11.0. The van der Waals surface area contributed by atoms with Crippen molar-refractivity contribution < 1.29 is 19.0 Å². The molecule has 0 atom stereocenters. The number of aromatic nitrogens is 4. The fourth-order valence-corrected chi connectivity index (χ4v) is 5.15. The highest BCUT2D eigenvalue weighted by atomic mass is 16.5. The number of hydrogen-bond acceptors (Lipinski definition) is 9. The molecule has 0 saturated heterocycles. The smallest absolute Gasteiger partial charge is 0.238 e. The number of hydrogen-bond donors (Lipinski definition) is 2. The number of nitrogens with zero attached hydrogens (tertiary/aromatic N) is 5. The Morgan fingerprint density at radius 2 is 1.64 bits per heavy atom. The summed E-state index contributed by atoms with van der Waals surface area (Å²) in [6.45, 7) is 0.680. The molecule has 6 aromatic rings. The summed E-state index contributed by atoms with van der Waals surface area (Å²) >= 11 is 0. The maximum Gasteiger partial charge on any atom is 0.238 e. The normalized spacial score (nSPS) is 11.0. The Bertz CT molecular complexity index is 2010. The van der Waals surface area contributed by atoms with E-state index in [9.17, 15) is 4.79 Å². The van der Waals surface area contributed by atoms with Gasteiger partial charge in [-0.2, -0.15) is 0 Å². The number of methoxy groups -OCH3 is 2. The number of benzene rings is 3. The Hall–Kier alpha value is -5.94. The summed E-state index contributed by atoms with van der Waals surface area (Å²) in [4.78, 5) is 28.5. The summed E-state index contributed by atoms with van der Waals surface area (Å²) in [7, 11) is 6.89. The van der Waals surface area contributed by atoms with Crippen molar-refractivity contribution in [1.29, 1.82) is 0 Å². The predicted molar refractivity (Wildman–Crippen MR) is 182 cm³/mol. The van der Waals surface area contributed by atoms with Crippen molar-refractivity contribution in [3.63, 3.8) is 0 Å². The summed E-state index contributed by atoms with van der Waals surface area (Å²) in [5.41, 5.74) is 6.02. The van der Waals surface area contributed by atoms with E-state index >= 15 is 0 Å². The van der Waals surface area contributed by atoms with Gasteiger partial charge in [-0.3, -0.25) is 9.20 Å². The minimum Gasteiger partial charge on any atom is -0.495 e. The van der Waals surface area contributed by atoms with Gasteiger partial charge in [0.1, 0.15) is 18.0 Å². The number of rotatable bonds is 12. The van der Waals surface area contributed by atoms with Gasteiger partial charge < -0.3 is 29.7 Å². The number of nitrogens with one attached hydrogen (secondary N) is 2. The van der Waals surface area contributed by atoms with Crippen LogP contribution in [-0.2, 0) is 11.4 Å². The molecule has 238 valence electrons. The van der Waals surface area contributed by atoms with E-state index in [2.05, 4.69) is 15.6 Å². The molecule has 11 heteroatoms. The van der Waals surface area contributed by atoms with Crippen LogP contribution in [0.15, 0.2) is 103 Å². The third-order valence-corrected chi connectivity index (χ3v) is 7.29. The first-order valence-electron chi connectivity index (χ1n) is 15.0. The molecule has 0 aliphatic carbocycles. The van der Waals surface area contributed by atoms with Gasteiger partial charge in [-0.25, -0.2) is 15.0 Å². The van der Waals surface area contributed by atoms with Crippen LogP contribution >= 0.6 is 0 Å². The number of likely N-dealkylation sites (N-methyl/N-ethyl adjacent to an activating group) is 1. The van der Waals surface area contributed by atoms with Crippen molar-refractivity contribution in [2.24, 2.45) is 0 Å². The largest absolute Gasteiger partial charge is 0.495 e. The molecule has 11 nitrogen and oxygen atoms in total. The molecule has 6 rings (SSSR count). The number of carbonyl (C=O) groups is 1. The fraction of sp³-hybridized carbons (Fsp3) is 0.167. The van der Waals surface area contributed by atoms with Gasteiger partial charge in [0.15, 0.2) is 11.5 Å². The lowest BCUT2D eigenvalue weighted by atomic mass is 10.1. The minimum atomic E-state index is -0.128. The molecule has 0 saturated carbocycles. The van der Waals surface area contributed by atoms with Crippen molar-refractivity contribution in [2.45, 2.75) is 6.61 Å². The van der Waals surface area contributed by atoms with Crippen LogP contribution in [0.1, 0.15) is 5.56 Å². The van der Waals surface area contributed by atoms with Crippen molar-refractivity contribution in [1.82, 2.24) is 24.3 Å². The third kappa shape index (κ3) is 7.15. The maximum atomic E-state index is 12.4. The number of amides is 1. The molecule has 2 N–H and O–H groups in total. The van der Waals surface area contributed by atoms with Crippen molar-refractivity contribution in [2.75, 3.05) is 45.5 Å². The summed E-state index contributed by atoms with van der Waals surface area (Å²) in [6.07, 6.45) is 3.64. The molecule has 0 radical (unpaired) electrons. The molecule has 0 fully saturated rings. The fourth-order valence-electron chi connectivity index (χ4n) is 5.15. The Morgan fingerprint density at radius 3 is 2.43 bits per heavy atom. The second kappa shape index (κ2) is 14.0. The van der Waals surface area contributed by atoms with E-state index in [1.54, 1.807) is 43.5 Å². The highest BCUT2D eigenvalue weighted by Crippen LogP contribution is 2.38. The van der Waals surface area contributed by atoms with Crippen LogP contribution in [0.25, 0.3) is 28.3 Å². The number of anilines is 3. The molecule has 3 aromatic heterocycles. The van der Waals surface area contributed by atoms with Gasteiger partial charge in [-0.1, -0.05) is 36.4 Å². The summed E-state index contributed by atoms with van der Waals surface area (Å²) in [6, 6.07) is 28.8. The van der Waals surface area contributed by atoms with E-state index in [0.29, 0.717) is 46.9 Å². The van der Waals surface area contributed by atoms with Crippen molar-refractivity contribution in [3.05, 3.63) is 109 Å². The molecule has 0 unspecified atom stereocenters. The van der Waals surface area contributed by atoms with Crippen LogP contribution < -0.4 is 24.8 Å². The maximum absolute atomic E-state index is 12.4. The number of pyridine rings is 1. The van der Waals surface area contributed by atoms with E-state index in [4.69, 9.17) is 24.2 Å². The SMILES string of the molecule is COc1ccc(NC(=O)CN(C)C)cc1Nc1nccc(-c2c(-c3ccc(OCc4ccccc4)c(OC)c3)nc3ccccn23)n1. The number of ether oxygens (including phenoxy) is 3. The molecule has 0 bridgehead atoms. The van der Waals surface area contributed by atoms with Crippen LogP contribution in [0.5, 0.6) is 17.2 Å². The number of imidazole rings is 1. The van der Waals surface area contributed by atoms with E-state index in [0.717, 1.165) is 28.2 Å². The van der Waals surface area contributed by atoms with Crippen LogP contribution in [0.3, 0.4) is 0 Å². The van der Waals surface area contributed by atoms with Gasteiger partial charge in [0.05, 0.1) is 43.5 Å². The van der Waals surface area contributed by atoms with Crippen molar-refractivity contribution >= 4 is 28.9 Å². The zero-order chi connectivity index (χ0) is 32.8. The zero-order valence-corrected chi connectivity index (χ0v) is 26.6. The van der Waals surface area contributed by atoms with Crippen LogP contribution in [-0.4, -0.2) is 65.0 Å². The predicted octanol–water partition coefficient (Wildman–Crippen LogP) is 6.30. The molecule has 0 spiro atoms. The molecule has 47 heavy (non-hydrogen) atoms. The van der Waals surface area contributed by atoms with Crippen molar-refractivity contribution in [3.8, 4) is 39.9 Å². The Kier molecular flexibility index (Phi) is 9.26. The van der Waals surface area contributed by atoms with Gasteiger partial charge in [0.25, 0.3) is 0 Å². The third-order valence-electron chi connectivity index (χ3n) is 7.29. The van der Waals surface area contributed by atoms with Gasteiger partial charge in [-0.15, -0.1) is 0 Å². The highest BCUT2D eigenvalue weighted by Gasteiger charge is 2.20. The lowest BCUT2D eigenvalue weighted by Crippen LogP contribution is -2.27. The standard InChI is InChI=1S/C36H35N7O4/c1-42(2)22-33(44)38-26-14-16-29(45-3)28(21-26)40-36-37-18-17-27(39-36)35-34(41-32-12-8-9-19-43(32)35)25-13-15-30(31(20-25)46-4)47-23-24-10-6-5-7-11-24/h5-21H,22-23H2,1-4H3,(H,38,44)(H,37,39,40). The van der Waals surface area contributed by atoms with Gasteiger partial charge in [0.2, 0.25) is 11.9 Å². The molecular formula is C36H35N7O4. The van der Waals surface area contributed by atoms with Crippen LogP contribution in [0, 0.1) is 0 Å². The molecule has 3 aromatic carbocycles. The molecule has 0 aliphatic heterocycles. The molecule has 3 heterocycles. The lowest BCUT2D eigenvalue weighted by Gasteiger charge is -2.14. The van der Waals surface area contributed by atoms with Gasteiger partial charge >= 0.3 is 0 Å². The van der Waals surface area contributed by atoms with E-state index < -0.39 is 0 Å². The van der Waals surface area contributed by atoms with E-state index in [1.807, 2.05) is 97.5 Å². The minimum absolute atomic E-state index is 0.128. The molecule has 0 aliphatic rings. The summed E-state index contributed by atoms with van der Waals surface area (Å²) in [5.74, 6) is 2.01. The Labute approximate surface area is 272 Å². The second-order valence-corrected chi connectivity index (χ2v) is 11.0. The summed E-state index contributed by atoms with van der Waals surface area (Å²) < 4.78 is 19.4. The first-order valence-corrected chi connectivity index (χ1v) is 15.0. The monoisotopic (exact) mass is 629 g/mol. The number of fused-ring (bicyclic) bond motifs is 1. The quantitative estimate of drug-likeness (QED) is 0.161. The number of carbonyl (C=O) groups excluding carboxylic acids is 1. The van der Waals surface area contributed by atoms with Crippen LogP contribution in [0.2, 0.25) is 0 Å². The van der Waals surface area contributed by atoms with Crippen LogP contribution in [0.4, 0.5) is 17.3 Å².